The fraction of sp³-hybridized carbons (Fsp3) is 0.238. The normalized spacial score (nSPS) is 16.0. The molecule has 5 heteroatoms. The molecule has 0 fully saturated rings. The Kier molecular flexibility index (Phi) is 4.21. The predicted octanol–water partition coefficient (Wildman–Crippen LogP) is 3.82. The van der Waals surface area contributed by atoms with E-state index in [1.165, 1.54) is 0 Å². The van der Waals surface area contributed by atoms with Gasteiger partial charge in [0.25, 0.3) is 5.56 Å². The van der Waals surface area contributed by atoms with Crippen molar-refractivity contribution in [3.8, 4) is 11.5 Å². The zero-order valence-corrected chi connectivity index (χ0v) is 14.8. The summed E-state index contributed by atoms with van der Waals surface area (Å²) < 4.78 is 11.6. The fourth-order valence-electron chi connectivity index (χ4n) is 3.19. The zero-order chi connectivity index (χ0) is 18.1. The van der Waals surface area contributed by atoms with Crippen molar-refractivity contribution < 1.29 is 9.47 Å². The molecule has 1 aliphatic rings. The van der Waals surface area contributed by atoms with Gasteiger partial charge in [0.2, 0.25) is 0 Å². The smallest absolute Gasteiger partial charge is 0.274 e. The van der Waals surface area contributed by atoms with E-state index in [2.05, 4.69) is 16.9 Å². The summed E-state index contributed by atoms with van der Waals surface area (Å²) in [7, 11) is 0. The van der Waals surface area contributed by atoms with E-state index in [-0.39, 0.29) is 11.7 Å². The average molecular weight is 348 g/mol. The van der Waals surface area contributed by atoms with Crippen LogP contribution in [0.1, 0.15) is 30.7 Å². The molecule has 1 aliphatic heterocycles. The summed E-state index contributed by atoms with van der Waals surface area (Å²) in [6.45, 7) is 4.58. The van der Waals surface area contributed by atoms with Gasteiger partial charge in [0.05, 0.1) is 17.6 Å². The summed E-state index contributed by atoms with van der Waals surface area (Å²) in [5, 5.41) is 0. The number of ether oxygens (including phenoxy) is 2. The Balaban J connectivity index is 1.74. The van der Waals surface area contributed by atoms with E-state index in [0.29, 0.717) is 12.3 Å². The number of aromatic nitrogens is 2. The number of fused-ring (bicyclic) bond motifs is 2. The maximum Gasteiger partial charge on any atom is 0.274 e. The Morgan fingerprint density at radius 1 is 1.31 bits per heavy atom. The van der Waals surface area contributed by atoms with E-state index in [4.69, 9.17) is 9.47 Å². The first-order chi connectivity index (χ1) is 12.6. The van der Waals surface area contributed by atoms with Gasteiger partial charge in [-0.3, -0.25) is 4.79 Å². The van der Waals surface area contributed by atoms with Crippen molar-refractivity contribution >= 4 is 23.2 Å². The number of aromatic amines is 1. The molecule has 0 radical (unpaired) electrons. The first-order valence-corrected chi connectivity index (χ1v) is 8.77. The van der Waals surface area contributed by atoms with Gasteiger partial charge in [-0.2, -0.15) is 0 Å². The third kappa shape index (κ3) is 3.08. The maximum atomic E-state index is 12.3. The molecule has 0 spiro atoms. The van der Waals surface area contributed by atoms with Gasteiger partial charge in [0.15, 0.2) is 0 Å². The second-order valence-electron chi connectivity index (χ2n) is 6.37. The summed E-state index contributed by atoms with van der Waals surface area (Å²) in [6, 6.07) is 11.5. The number of benzene rings is 2. The van der Waals surface area contributed by atoms with Crippen LogP contribution in [0.4, 0.5) is 0 Å². The lowest BCUT2D eigenvalue weighted by Crippen LogP contribution is -2.11. The molecule has 0 saturated carbocycles. The lowest BCUT2D eigenvalue weighted by atomic mass is 10.1. The zero-order valence-electron chi connectivity index (χ0n) is 14.8. The number of hydrogen-bond donors (Lipinski definition) is 1. The van der Waals surface area contributed by atoms with Gasteiger partial charge in [0.1, 0.15) is 23.3 Å². The molecule has 0 amide bonds. The average Bonchev–Trinajstić information content (AvgIpc) is 2.99. The number of nitrogens with one attached hydrogen (secondary N) is 1. The minimum atomic E-state index is -0.219. The molecular weight excluding hydrogens is 328 g/mol. The van der Waals surface area contributed by atoms with Crippen molar-refractivity contribution in [2.24, 2.45) is 0 Å². The van der Waals surface area contributed by atoms with Crippen molar-refractivity contribution in [1.82, 2.24) is 9.97 Å². The largest absolute Gasteiger partial charge is 0.493 e. The Hall–Kier alpha value is -3.08. The molecule has 1 aromatic heterocycles. The van der Waals surface area contributed by atoms with Crippen molar-refractivity contribution in [2.75, 3.05) is 6.61 Å². The number of para-hydroxylation sites is 2. The third-order valence-corrected chi connectivity index (χ3v) is 4.37. The van der Waals surface area contributed by atoms with Gasteiger partial charge >= 0.3 is 0 Å². The monoisotopic (exact) mass is 348 g/mol. The van der Waals surface area contributed by atoms with E-state index < -0.39 is 0 Å². The molecule has 132 valence electrons. The summed E-state index contributed by atoms with van der Waals surface area (Å²) in [5.41, 5.74) is 3.64. The summed E-state index contributed by atoms with van der Waals surface area (Å²) in [6.07, 6.45) is 4.62. The van der Waals surface area contributed by atoms with E-state index in [0.717, 1.165) is 40.1 Å². The molecule has 26 heavy (non-hydrogen) atoms. The Bertz CT molecular complexity index is 1050. The Morgan fingerprint density at radius 2 is 2.15 bits per heavy atom. The van der Waals surface area contributed by atoms with Crippen LogP contribution in [0.2, 0.25) is 0 Å². The topological polar surface area (TPSA) is 64.2 Å². The maximum absolute atomic E-state index is 12.3. The minimum absolute atomic E-state index is 0.170. The van der Waals surface area contributed by atoms with Gasteiger partial charge in [-0.25, -0.2) is 4.98 Å². The van der Waals surface area contributed by atoms with Crippen molar-refractivity contribution in [3.63, 3.8) is 0 Å². The predicted molar refractivity (Wildman–Crippen MR) is 103 cm³/mol. The number of hydrogen-bond acceptors (Lipinski definition) is 4. The van der Waals surface area contributed by atoms with Crippen LogP contribution >= 0.6 is 0 Å². The van der Waals surface area contributed by atoms with Crippen molar-refractivity contribution in [1.29, 1.82) is 0 Å². The molecule has 2 heterocycles. The highest BCUT2D eigenvalue weighted by Crippen LogP contribution is 2.35. The van der Waals surface area contributed by atoms with E-state index in [1.807, 2.05) is 49.4 Å². The minimum Gasteiger partial charge on any atom is -0.493 e. The first kappa shape index (κ1) is 16.4. The van der Waals surface area contributed by atoms with Gasteiger partial charge in [-0.05, 0) is 50.3 Å². The molecule has 5 nitrogen and oxygen atoms in total. The van der Waals surface area contributed by atoms with Crippen LogP contribution in [0.3, 0.4) is 0 Å². The summed E-state index contributed by atoms with van der Waals surface area (Å²) >= 11 is 0. The molecule has 0 unspecified atom stereocenters. The summed E-state index contributed by atoms with van der Waals surface area (Å²) in [4.78, 5) is 19.6. The van der Waals surface area contributed by atoms with Gasteiger partial charge in [0, 0.05) is 17.5 Å². The second-order valence-corrected chi connectivity index (χ2v) is 6.37. The SMILES string of the molecule is CCOc1cc2c(cc1/C=C/c1nc3ccccc3[nH]c1=O)O[C@@H](C)C2. The summed E-state index contributed by atoms with van der Waals surface area (Å²) in [5.74, 6) is 1.67. The molecular formula is C21H20N2O3. The van der Waals surface area contributed by atoms with E-state index in [1.54, 1.807) is 6.08 Å². The fourth-order valence-corrected chi connectivity index (χ4v) is 3.19. The second kappa shape index (κ2) is 6.67. The highest BCUT2D eigenvalue weighted by Gasteiger charge is 2.21. The standard InChI is InChI=1S/C21H20N2O3/c1-3-25-19-12-15-10-13(2)26-20(15)11-14(19)8-9-18-21(24)23-17-7-5-4-6-16(17)22-18/h4-9,11-13H,3,10H2,1-2H3,(H,23,24)/b9-8+/t13-/m0/s1. The highest BCUT2D eigenvalue weighted by atomic mass is 16.5. The van der Waals surface area contributed by atoms with Crippen molar-refractivity contribution in [2.45, 2.75) is 26.4 Å². The number of H-pyrrole nitrogens is 1. The lowest BCUT2D eigenvalue weighted by molar-refractivity contribution is 0.254. The Morgan fingerprint density at radius 3 is 3.00 bits per heavy atom. The third-order valence-electron chi connectivity index (χ3n) is 4.37. The van der Waals surface area contributed by atoms with Crippen LogP contribution < -0.4 is 15.0 Å². The van der Waals surface area contributed by atoms with Crippen LogP contribution in [-0.4, -0.2) is 22.7 Å². The van der Waals surface area contributed by atoms with Gasteiger partial charge in [-0.15, -0.1) is 0 Å². The molecule has 0 bridgehead atoms. The molecule has 1 atom stereocenters. The molecule has 3 aromatic rings. The highest BCUT2D eigenvalue weighted by molar-refractivity contribution is 5.78. The van der Waals surface area contributed by atoms with Crippen LogP contribution in [-0.2, 0) is 6.42 Å². The molecule has 4 rings (SSSR count). The molecule has 0 saturated heterocycles. The quantitative estimate of drug-likeness (QED) is 0.778. The first-order valence-electron chi connectivity index (χ1n) is 8.77. The van der Waals surface area contributed by atoms with Crippen LogP contribution in [0.5, 0.6) is 11.5 Å². The van der Waals surface area contributed by atoms with Crippen molar-refractivity contribution in [3.05, 3.63) is 63.6 Å². The Labute approximate surface area is 151 Å². The van der Waals surface area contributed by atoms with Gasteiger partial charge < -0.3 is 14.5 Å². The van der Waals surface area contributed by atoms with Crippen LogP contribution in [0.25, 0.3) is 23.2 Å². The van der Waals surface area contributed by atoms with Crippen LogP contribution in [0, 0.1) is 0 Å². The number of rotatable bonds is 4. The molecule has 0 aliphatic carbocycles. The molecule has 1 N–H and O–H groups in total. The van der Waals surface area contributed by atoms with E-state index >= 15 is 0 Å². The van der Waals surface area contributed by atoms with E-state index in [9.17, 15) is 4.79 Å². The lowest BCUT2D eigenvalue weighted by Gasteiger charge is -2.10. The number of nitrogens with zero attached hydrogens (tertiary/aromatic N) is 1. The molecule has 2 aromatic carbocycles. The van der Waals surface area contributed by atoms with Gasteiger partial charge in [-0.1, -0.05) is 12.1 Å². The van der Waals surface area contributed by atoms with Crippen LogP contribution in [0.15, 0.2) is 41.2 Å².